The van der Waals surface area contributed by atoms with E-state index in [4.69, 9.17) is 8.85 Å². The van der Waals surface area contributed by atoms with Crippen LogP contribution in [0.25, 0.3) is 0 Å². The van der Waals surface area contributed by atoms with E-state index in [0.717, 1.165) is 0 Å². The molecule has 8 heteroatoms. The summed E-state index contributed by atoms with van der Waals surface area (Å²) in [6.07, 6.45) is -1.16. The van der Waals surface area contributed by atoms with Crippen molar-refractivity contribution in [1.29, 1.82) is 0 Å². The van der Waals surface area contributed by atoms with Crippen LogP contribution in [0.5, 0.6) is 0 Å². The molecule has 0 amide bonds. The van der Waals surface area contributed by atoms with Crippen LogP contribution in [0, 0.1) is 23.3 Å². The average molecular weight is 312 g/mol. The largest absolute Gasteiger partial charge is 0.538 e. The topological polar surface area (TPSA) is 38.7 Å². The van der Waals surface area contributed by atoms with Crippen molar-refractivity contribution < 1.29 is 31.2 Å². The van der Waals surface area contributed by atoms with Gasteiger partial charge in [-0.2, -0.15) is 0 Å². The van der Waals surface area contributed by atoms with E-state index < -0.39 is 49.5 Å². The second kappa shape index (κ2) is 6.21. The van der Waals surface area contributed by atoms with Gasteiger partial charge in [0.05, 0.1) is 5.19 Å². The van der Waals surface area contributed by atoms with Crippen LogP contribution < -0.4 is 5.19 Å². The summed E-state index contributed by atoms with van der Waals surface area (Å²) in [6, 6.07) is 0.366. The van der Waals surface area contributed by atoms with Gasteiger partial charge in [0.15, 0.2) is 23.3 Å². The Kier molecular flexibility index (Phi) is 5.31. The van der Waals surface area contributed by atoms with Gasteiger partial charge in [-0.1, -0.05) is 0 Å². The smallest absolute Gasteiger partial charge is 0.386 e. The summed E-state index contributed by atoms with van der Waals surface area (Å²) < 4.78 is 63.5. The van der Waals surface area contributed by atoms with Crippen molar-refractivity contribution in [2.75, 3.05) is 0 Å². The summed E-state index contributed by atoms with van der Waals surface area (Å²) in [5.74, 6) is -7.29. The first-order chi connectivity index (χ1) is 9.08. The van der Waals surface area contributed by atoms with Crippen LogP contribution in [0.4, 0.5) is 17.6 Å². The Labute approximate surface area is 115 Å². The fraction of sp³-hybridized carbons (Fsp3) is 0.500. The lowest BCUT2D eigenvalue weighted by molar-refractivity contribution is 0.0597. The van der Waals surface area contributed by atoms with Crippen LogP contribution in [-0.2, 0) is 8.85 Å². The summed E-state index contributed by atoms with van der Waals surface area (Å²) in [6.45, 7) is 6.15. The van der Waals surface area contributed by atoms with Crippen molar-refractivity contribution in [3.05, 3.63) is 29.3 Å². The molecule has 1 aromatic rings. The molecule has 0 bridgehead atoms. The highest BCUT2D eigenvalue weighted by molar-refractivity contribution is 6.74. The molecule has 0 saturated heterocycles. The van der Waals surface area contributed by atoms with Crippen molar-refractivity contribution in [2.24, 2.45) is 0 Å². The minimum atomic E-state index is -4.40. The van der Waals surface area contributed by atoms with Gasteiger partial charge < -0.3 is 13.6 Å². The highest BCUT2D eigenvalue weighted by Crippen LogP contribution is 2.18. The summed E-state index contributed by atoms with van der Waals surface area (Å²) in [5.41, 5.74) is 0. The van der Waals surface area contributed by atoms with Crippen LogP contribution >= 0.6 is 0 Å². The fourth-order valence-electron chi connectivity index (χ4n) is 1.60. The third kappa shape index (κ3) is 3.57. The van der Waals surface area contributed by atoms with E-state index in [1.54, 1.807) is 0 Å². The van der Waals surface area contributed by atoms with Crippen molar-refractivity contribution in [2.45, 2.75) is 39.9 Å². The SMILES string of the molecule is CC(C)O[Si](O)(OC(C)C)c1cc(F)c(F)c(F)c1F. The lowest BCUT2D eigenvalue weighted by atomic mass is 10.3. The molecule has 1 rings (SSSR count). The van der Waals surface area contributed by atoms with Gasteiger partial charge in [-0.05, 0) is 33.8 Å². The van der Waals surface area contributed by atoms with Crippen LogP contribution in [-0.4, -0.2) is 25.8 Å². The Morgan fingerprint density at radius 2 is 1.35 bits per heavy atom. The molecule has 3 nitrogen and oxygen atoms in total. The van der Waals surface area contributed by atoms with Gasteiger partial charge in [-0.3, -0.25) is 0 Å². The molecule has 0 aliphatic rings. The Bertz CT molecular complexity index is 484. The molecule has 20 heavy (non-hydrogen) atoms. The lowest BCUT2D eigenvalue weighted by Crippen LogP contribution is -2.58. The Hall–Kier alpha value is -0.963. The molecular formula is C12H16F4O3Si. The molecular weight excluding hydrogens is 296 g/mol. The molecule has 0 radical (unpaired) electrons. The van der Waals surface area contributed by atoms with E-state index in [1.165, 1.54) is 27.7 Å². The Morgan fingerprint density at radius 1 is 0.900 bits per heavy atom. The second-order valence-corrected chi connectivity index (χ2v) is 6.94. The van der Waals surface area contributed by atoms with Crippen molar-refractivity contribution in [3.63, 3.8) is 0 Å². The van der Waals surface area contributed by atoms with Crippen LogP contribution in [0.1, 0.15) is 27.7 Å². The third-order valence-electron chi connectivity index (χ3n) is 2.23. The van der Waals surface area contributed by atoms with Gasteiger partial charge in [0.1, 0.15) is 0 Å². The van der Waals surface area contributed by atoms with Crippen LogP contribution in [0.3, 0.4) is 0 Å². The van der Waals surface area contributed by atoms with E-state index >= 15 is 0 Å². The Morgan fingerprint density at radius 3 is 1.75 bits per heavy atom. The Balaban J connectivity index is 3.41. The van der Waals surface area contributed by atoms with Gasteiger partial charge >= 0.3 is 8.80 Å². The maximum Gasteiger partial charge on any atom is 0.538 e. The molecule has 0 saturated carbocycles. The number of halogens is 4. The first-order valence-electron chi connectivity index (χ1n) is 6.00. The molecule has 1 N–H and O–H groups in total. The molecule has 114 valence electrons. The molecule has 0 unspecified atom stereocenters. The number of hydrogen-bond donors (Lipinski definition) is 1. The molecule has 0 fully saturated rings. The standard InChI is InChI=1S/C12H16F4O3Si/c1-6(2)18-20(17,19-7(3)4)9-5-8(13)10(14)12(16)11(9)15/h5-7,17H,1-4H3. The lowest BCUT2D eigenvalue weighted by Gasteiger charge is -2.28. The highest BCUT2D eigenvalue weighted by Gasteiger charge is 2.46. The maximum atomic E-state index is 13.8. The molecule has 0 aliphatic heterocycles. The summed E-state index contributed by atoms with van der Waals surface area (Å²) in [7, 11) is -4.40. The van der Waals surface area contributed by atoms with Crippen molar-refractivity contribution >= 4 is 14.0 Å². The minimum absolute atomic E-state index is 0.366. The fourth-order valence-corrected chi connectivity index (χ4v) is 3.88. The zero-order valence-corrected chi connectivity index (χ0v) is 12.5. The molecule has 0 heterocycles. The summed E-state index contributed by atoms with van der Waals surface area (Å²) in [4.78, 5) is 10.3. The summed E-state index contributed by atoms with van der Waals surface area (Å²) >= 11 is 0. The van der Waals surface area contributed by atoms with Gasteiger partial charge in [-0.15, -0.1) is 0 Å². The van der Waals surface area contributed by atoms with E-state index in [2.05, 4.69) is 0 Å². The van der Waals surface area contributed by atoms with Gasteiger partial charge in [0, 0.05) is 12.2 Å². The minimum Gasteiger partial charge on any atom is -0.386 e. The highest BCUT2D eigenvalue weighted by atomic mass is 28.4. The van der Waals surface area contributed by atoms with Gasteiger partial charge in [0.2, 0.25) is 0 Å². The summed E-state index contributed by atoms with van der Waals surface area (Å²) in [5, 5.41) is -0.823. The first kappa shape index (κ1) is 17.1. The van der Waals surface area contributed by atoms with Crippen molar-refractivity contribution in [3.8, 4) is 0 Å². The first-order valence-corrected chi connectivity index (χ1v) is 7.76. The van der Waals surface area contributed by atoms with Crippen molar-refractivity contribution in [1.82, 2.24) is 0 Å². The normalized spacial score (nSPS) is 12.6. The predicted octanol–water partition coefficient (Wildman–Crippen LogP) is 2.23. The predicted molar refractivity (Wildman–Crippen MR) is 66.3 cm³/mol. The van der Waals surface area contributed by atoms with E-state index in [9.17, 15) is 22.4 Å². The average Bonchev–Trinajstić information content (AvgIpc) is 2.28. The molecule has 0 spiro atoms. The molecule has 0 atom stereocenters. The number of benzene rings is 1. The zero-order valence-electron chi connectivity index (χ0n) is 11.5. The van der Waals surface area contributed by atoms with E-state index in [1.807, 2.05) is 0 Å². The number of rotatable bonds is 5. The third-order valence-corrected chi connectivity index (χ3v) is 4.86. The second-order valence-electron chi connectivity index (χ2n) is 4.76. The van der Waals surface area contributed by atoms with Gasteiger partial charge in [0.25, 0.3) is 0 Å². The molecule has 0 aliphatic carbocycles. The van der Waals surface area contributed by atoms with Crippen LogP contribution in [0.15, 0.2) is 6.07 Å². The van der Waals surface area contributed by atoms with E-state index in [-0.39, 0.29) is 0 Å². The van der Waals surface area contributed by atoms with Crippen LogP contribution in [0.2, 0.25) is 0 Å². The molecule has 0 aromatic heterocycles. The zero-order chi connectivity index (χ0) is 15.7. The molecule has 1 aromatic carbocycles. The quantitative estimate of drug-likeness (QED) is 0.392. The monoisotopic (exact) mass is 312 g/mol. The van der Waals surface area contributed by atoms with Gasteiger partial charge in [-0.25, -0.2) is 17.6 Å². The maximum absolute atomic E-state index is 13.8. The van der Waals surface area contributed by atoms with E-state index in [0.29, 0.717) is 6.07 Å². The number of hydrogen-bond acceptors (Lipinski definition) is 3.